The van der Waals surface area contributed by atoms with Crippen LogP contribution in [0.1, 0.15) is 101 Å². The molecule has 4 rings (SSSR count). The first kappa shape index (κ1) is 49.7. The zero-order chi connectivity index (χ0) is 44.4. The summed E-state index contributed by atoms with van der Waals surface area (Å²) >= 11 is 0. The van der Waals surface area contributed by atoms with E-state index < -0.39 is 102 Å². The summed E-state index contributed by atoms with van der Waals surface area (Å²) in [5.74, 6) is -4.37. The molecule has 0 bridgehead atoms. The Morgan fingerprint density at radius 1 is 0.898 bits per heavy atom. The highest BCUT2D eigenvalue weighted by Gasteiger charge is 2.56. The Bertz CT molecular complexity index is 1430. The van der Waals surface area contributed by atoms with Crippen molar-refractivity contribution in [1.82, 2.24) is 9.80 Å². The molecule has 0 saturated carbocycles. The summed E-state index contributed by atoms with van der Waals surface area (Å²) in [4.78, 5) is 37.5. The van der Waals surface area contributed by atoms with E-state index in [0.717, 1.165) is 13.0 Å². The molecule has 342 valence electrons. The second-order valence-corrected chi connectivity index (χ2v) is 18.7. The van der Waals surface area contributed by atoms with E-state index in [4.69, 9.17) is 42.9 Å². The number of Topliss-reactive ketones (excluding diaryl/α,β-unsaturated/α-hetero) is 1. The first-order valence-corrected chi connectivity index (χ1v) is 21.6. The number of hydrogen-bond donors (Lipinski definition) is 3. The van der Waals surface area contributed by atoms with Crippen molar-refractivity contribution in [2.24, 2.45) is 28.7 Å². The molecule has 4 aliphatic heterocycles. The van der Waals surface area contributed by atoms with E-state index >= 15 is 0 Å². The molecule has 0 spiro atoms. The van der Waals surface area contributed by atoms with Crippen molar-refractivity contribution >= 4 is 17.8 Å². The highest BCUT2D eigenvalue weighted by Crippen LogP contribution is 2.43. The molecule has 0 unspecified atom stereocenters. The Hall–Kier alpha value is -1.99. The second kappa shape index (κ2) is 20.0. The Morgan fingerprint density at radius 2 is 1.54 bits per heavy atom. The molecule has 0 amide bonds. The van der Waals surface area contributed by atoms with Gasteiger partial charge in [-0.2, -0.15) is 0 Å². The molecule has 59 heavy (non-hydrogen) atoms. The van der Waals surface area contributed by atoms with Crippen LogP contribution in [0.4, 0.5) is 0 Å². The standard InChI is InChI=1S/C43H77N3O13/c1-16-30-43(10,51)35(48)25(4)32(47)23(2)21-42(9,53-15)37(59-39-34-29(20-24(3)54-39)46(13)40(58-34)44-18-17-19-45(11)12)26(5)33(27(6)38(50)56-30)57-31-22-41(8,52-14)36(49)28(7)55-31/h23-31,33-37,39,48-49,51H,16-22H2,1-15H3/t23-,24-,25+,26+,27-,28+,29+,30-,31+,33+,34-,35-,36+,37-,39+,41-,42-,43-/m1/s1. The number of ether oxygens (including phenoxy) is 8. The lowest BCUT2D eigenvalue weighted by Crippen LogP contribution is -2.61. The summed E-state index contributed by atoms with van der Waals surface area (Å²) in [5.41, 5.74) is -4.22. The van der Waals surface area contributed by atoms with Gasteiger partial charge in [0.15, 0.2) is 18.7 Å². The smallest absolute Gasteiger partial charge is 0.311 e. The van der Waals surface area contributed by atoms with E-state index in [0.29, 0.717) is 19.0 Å². The van der Waals surface area contributed by atoms with Gasteiger partial charge in [0, 0.05) is 52.0 Å². The van der Waals surface area contributed by atoms with Crippen LogP contribution in [0.15, 0.2) is 4.99 Å². The summed E-state index contributed by atoms with van der Waals surface area (Å²) in [7, 11) is 9.08. The molecule has 18 atom stereocenters. The number of hydrogen-bond acceptors (Lipinski definition) is 15. The van der Waals surface area contributed by atoms with Crippen molar-refractivity contribution in [2.75, 3.05) is 48.5 Å². The third-order valence-electron chi connectivity index (χ3n) is 13.6. The van der Waals surface area contributed by atoms with Gasteiger partial charge in [-0.05, 0) is 87.9 Å². The molecular weight excluding hydrogens is 766 g/mol. The lowest BCUT2D eigenvalue weighted by molar-refractivity contribution is -0.315. The van der Waals surface area contributed by atoms with Crippen LogP contribution in [0.2, 0.25) is 0 Å². The quantitative estimate of drug-likeness (QED) is 0.203. The minimum Gasteiger partial charge on any atom is -0.459 e. The van der Waals surface area contributed by atoms with E-state index in [1.165, 1.54) is 14.0 Å². The zero-order valence-electron chi connectivity index (χ0n) is 38.4. The van der Waals surface area contributed by atoms with Crippen molar-refractivity contribution in [3.05, 3.63) is 0 Å². The second-order valence-electron chi connectivity index (χ2n) is 18.7. The number of carbonyl (C=O) groups is 2. The molecule has 4 fully saturated rings. The number of methoxy groups -OCH3 is 2. The Balaban J connectivity index is 1.83. The van der Waals surface area contributed by atoms with Crippen LogP contribution in [0, 0.1) is 23.7 Å². The Morgan fingerprint density at radius 3 is 2.14 bits per heavy atom. The van der Waals surface area contributed by atoms with E-state index in [9.17, 15) is 24.9 Å². The number of ketones is 1. The van der Waals surface area contributed by atoms with Crippen LogP contribution in [0.25, 0.3) is 0 Å². The number of nitrogens with zero attached hydrogens (tertiary/aromatic N) is 3. The predicted octanol–water partition coefficient (Wildman–Crippen LogP) is 3.16. The molecule has 0 aromatic rings. The van der Waals surface area contributed by atoms with Gasteiger partial charge in [0.25, 0.3) is 6.02 Å². The van der Waals surface area contributed by atoms with Gasteiger partial charge in [-0.3, -0.25) is 9.59 Å². The van der Waals surface area contributed by atoms with Crippen LogP contribution in [0.5, 0.6) is 0 Å². The first-order valence-electron chi connectivity index (χ1n) is 21.6. The predicted molar refractivity (Wildman–Crippen MR) is 219 cm³/mol. The van der Waals surface area contributed by atoms with Gasteiger partial charge in [0.2, 0.25) is 0 Å². The maximum atomic E-state index is 14.4. The Labute approximate surface area is 352 Å². The van der Waals surface area contributed by atoms with Crippen molar-refractivity contribution in [2.45, 2.75) is 186 Å². The van der Waals surface area contributed by atoms with Gasteiger partial charge in [-0.25, -0.2) is 4.99 Å². The number of fused-ring (bicyclic) bond motifs is 1. The van der Waals surface area contributed by atoms with Crippen molar-refractivity contribution in [1.29, 1.82) is 0 Å². The molecule has 16 nitrogen and oxygen atoms in total. The average Bonchev–Trinajstić information content (AvgIpc) is 3.50. The molecule has 0 aliphatic carbocycles. The summed E-state index contributed by atoms with van der Waals surface area (Å²) in [6.07, 6.45) is -6.92. The van der Waals surface area contributed by atoms with Gasteiger partial charge >= 0.3 is 5.97 Å². The summed E-state index contributed by atoms with van der Waals surface area (Å²) in [6.45, 7) is 18.9. The van der Waals surface area contributed by atoms with Crippen LogP contribution in [0.3, 0.4) is 0 Å². The fraction of sp³-hybridized carbons (Fsp3) is 0.930. The molecule has 16 heteroatoms. The highest BCUT2D eigenvalue weighted by atomic mass is 16.7. The normalized spacial score (nSPS) is 46.2. The first-order chi connectivity index (χ1) is 27.5. The number of likely N-dealkylation sites (N-methyl/N-ethyl adjacent to an activating group) is 1. The third-order valence-corrected chi connectivity index (χ3v) is 13.6. The van der Waals surface area contributed by atoms with E-state index in [1.54, 1.807) is 48.7 Å². The van der Waals surface area contributed by atoms with Crippen LogP contribution >= 0.6 is 0 Å². The molecule has 0 radical (unpaired) electrons. The summed E-state index contributed by atoms with van der Waals surface area (Å²) < 4.78 is 51.6. The summed E-state index contributed by atoms with van der Waals surface area (Å²) in [6, 6.07) is 0.396. The van der Waals surface area contributed by atoms with Gasteiger partial charge in [0.1, 0.15) is 23.6 Å². The number of amidine groups is 1. The van der Waals surface area contributed by atoms with Gasteiger partial charge in [-0.1, -0.05) is 27.7 Å². The van der Waals surface area contributed by atoms with Crippen LogP contribution in [-0.2, 0) is 47.5 Å². The molecule has 0 aromatic heterocycles. The zero-order valence-corrected chi connectivity index (χ0v) is 38.4. The number of aliphatic hydroxyl groups excluding tert-OH is 2. The Kier molecular flexibility index (Phi) is 16.9. The molecular formula is C43H77N3O13. The minimum absolute atomic E-state index is 0.114. The maximum Gasteiger partial charge on any atom is 0.311 e. The SMILES string of the molecule is CC[C@H]1OC(=O)[C@H](C)[C@@H](O[C@H]2C[C@@](C)(OC)[C@@H](O)[C@H](C)O2)[C@H](C)[C@@H](O[C@@H]2O[C@H](C)C[C@H]3[C@H]2OC(=NCCCN(C)C)N3C)[C@](C)(OC)C[C@@H](C)C(=O)[C@H](C)[C@@H](O)[C@]1(C)O. The molecule has 4 heterocycles. The third kappa shape index (κ3) is 10.8. The fourth-order valence-corrected chi connectivity index (χ4v) is 9.63. The number of esters is 1. The number of aliphatic imine (C=N–C) groups is 1. The fourth-order valence-electron chi connectivity index (χ4n) is 9.63. The number of carbonyl (C=O) groups excluding carboxylic acids is 2. The number of rotatable bonds is 11. The average molecular weight is 844 g/mol. The van der Waals surface area contributed by atoms with Crippen molar-refractivity contribution in [3.63, 3.8) is 0 Å². The number of aliphatic hydroxyl groups is 3. The highest BCUT2D eigenvalue weighted by molar-refractivity contribution is 5.83. The van der Waals surface area contributed by atoms with Crippen LogP contribution in [-0.4, -0.2) is 176 Å². The molecule has 3 N–H and O–H groups in total. The molecule has 4 saturated heterocycles. The topological polar surface area (TPSA) is 188 Å². The van der Waals surface area contributed by atoms with E-state index in [2.05, 4.69) is 4.90 Å². The molecule has 0 aromatic carbocycles. The van der Waals surface area contributed by atoms with Gasteiger partial charge in [0.05, 0.1) is 53.7 Å². The lowest BCUT2D eigenvalue weighted by Gasteiger charge is -2.49. The van der Waals surface area contributed by atoms with E-state index in [1.807, 2.05) is 46.8 Å². The van der Waals surface area contributed by atoms with Crippen molar-refractivity contribution < 1.29 is 62.8 Å². The lowest BCUT2D eigenvalue weighted by atomic mass is 9.74. The maximum absolute atomic E-state index is 14.4. The summed E-state index contributed by atoms with van der Waals surface area (Å²) in [5, 5.41) is 34.3. The van der Waals surface area contributed by atoms with E-state index in [-0.39, 0.29) is 37.2 Å². The van der Waals surface area contributed by atoms with Crippen LogP contribution < -0.4 is 0 Å². The minimum atomic E-state index is -1.96. The largest absolute Gasteiger partial charge is 0.459 e. The van der Waals surface area contributed by atoms with Gasteiger partial charge in [-0.15, -0.1) is 0 Å². The molecule has 4 aliphatic rings. The monoisotopic (exact) mass is 844 g/mol. The number of cyclic esters (lactones) is 1. The van der Waals surface area contributed by atoms with Gasteiger partial charge < -0.3 is 63.0 Å². The van der Waals surface area contributed by atoms with Crippen molar-refractivity contribution in [3.8, 4) is 0 Å².